The van der Waals surface area contributed by atoms with E-state index in [4.69, 9.17) is 4.74 Å². The van der Waals surface area contributed by atoms with Gasteiger partial charge in [-0.15, -0.1) is 24.0 Å². The molecule has 0 bridgehead atoms. The summed E-state index contributed by atoms with van der Waals surface area (Å²) in [6.07, 6.45) is 0. The van der Waals surface area contributed by atoms with E-state index in [0.29, 0.717) is 25.7 Å². The number of rotatable bonds is 7. The molecule has 0 saturated carbocycles. The predicted octanol–water partition coefficient (Wildman–Crippen LogP) is 3.85. The smallest absolute Gasteiger partial charge is 0.191 e. The molecule has 2 aromatic carbocycles. The van der Waals surface area contributed by atoms with Crippen molar-refractivity contribution >= 4 is 29.9 Å². The van der Waals surface area contributed by atoms with Crippen molar-refractivity contribution in [1.29, 1.82) is 0 Å². The van der Waals surface area contributed by atoms with Crippen LogP contribution in [0.4, 0.5) is 4.39 Å². The van der Waals surface area contributed by atoms with Gasteiger partial charge in [0.1, 0.15) is 5.82 Å². The van der Waals surface area contributed by atoms with Crippen molar-refractivity contribution in [3.05, 3.63) is 71.0 Å². The Bertz CT molecular complexity index is 645. The molecule has 0 fully saturated rings. The molecule has 25 heavy (non-hydrogen) atoms. The van der Waals surface area contributed by atoms with Crippen LogP contribution in [0.3, 0.4) is 0 Å². The summed E-state index contributed by atoms with van der Waals surface area (Å²) in [6.45, 7) is 4.62. The number of hydrogen-bond acceptors (Lipinski definition) is 2. The van der Waals surface area contributed by atoms with Crippen LogP contribution < -0.4 is 10.6 Å². The minimum atomic E-state index is -0.228. The molecule has 136 valence electrons. The van der Waals surface area contributed by atoms with Gasteiger partial charge in [-0.05, 0) is 35.7 Å². The molecular weight excluding hydrogens is 432 g/mol. The zero-order valence-corrected chi connectivity index (χ0v) is 16.9. The number of nitrogens with one attached hydrogen (secondary N) is 2. The standard InChI is InChI=1S/C19H24FN3O.HI/c1-3-24-14-17-6-4-15(5-7-17)12-22-19(21-2)23-13-16-8-10-18(20)11-9-16;/h4-11H,3,12-14H2,1-2H3,(H2,21,22,23);1H. The van der Waals surface area contributed by atoms with Crippen LogP contribution in [0.1, 0.15) is 23.6 Å². The van der Waals surface area contributed by atoms with Gasteiger partial charge in [-0.2, -0.15) is 0 Å². The molecule has 0 heterocycles. The lowest BCUT2D eigenvalue weighted by molar-refractivity contribution is 0.134. The molecule has 0 amide bonds. The predicted molar refractivity (Wildman–Crippen MR) is 111 cm³/mol. The van der Waals surface area contributed by atoms with Crippen LogP contribution in [0.2, 0.25) is 0 Å². The Morgan fingerprint density at radius 2 is 1.40 bits per heavy atom. The van der Waals surface area contributed by atoms with E-state index in [2.05, 4.69) is 39.9 Å². The summed E-state index contributed by atoms with van der Waals surface area (Å²) in [5, 5.41) is 6.47. The SMILES string of the molecule is CCOCc1ccc(CNC(=NC)NCc2ccc(F)cc2)cc1.I. The van der Waals surface area contributed by atoms with Crippen molar-refractivity contribution < 1.29 is 9.13 Å². The summed E-state index contributed by atoms with van der Waals surface area (Å²) in [4.78, 5) is 4.19. The lowest BCUT2D eigenvalue weighted by Gasteiger charge is -2.12. The summed E-state index contributed by atoms with van der Waals surface area (Å²) in [5.74, 6) is 0.478. The fraction of sp³-hybridized carbons (Fsp3) is 0.316. The normalized spacial score (nSPS) is 10.9. The first kappa shape index (κ1) is 21.4. The zero-order chi connectivity index (χ0) is 17.2. The molecule has 2 N–H and O–H groups in total. The van der Waals surface area contributed by atoms with Gasteiger partial charge >= 0.3 is 0 Å². The second kappa shape index (κ2) is 11.8. The van der Waals surface area contributed by atoms with Crippen molar-refractivity contribution in [2.24, 2.45) is 4.99 Å². The first-order valence-electron chi connectivity index (χ1n) is 8.05. The van der Waals surface area contributed by atoms with Crippen LogP contribution in [-0.2, 0) is 24.4 Å². The van der Waals surface area contributed by atoms with Crippen LogP contribution in [0.25, 0.3) is 0 Å². The van der Waals surface area contributed by atoms with Gasteiger partial charge in [0.15, 0.2) is 5.96 Å². The van der Waals surface area contributed by atoms with Gasteiger partial charge in [-0.25, -0.2) is 4.39 Å². The highest BCUT2D eigenvalue weighted by Crippen LogP contribution is 2.06. The first-order chi connectivity index (χ1) is 11.7. The van der Waals surface area contributed by atoms with Crippen molar-refractivity contribution in [3.8, 4) is 0 Å². The van der Waals surface area contributed by atoms with E-state index < -0.39 is 0 Å². The van der Waals surface area contributed by atoms with Crippen molar-refractivity contribution in [2.75, 3.05) is 13.7 Å². The van der Waals surface area contributed by atoms with Gasteiger partial charge in [-0.1, -0.05) is 36.4 Å². The van der Waals surface area contributed by atoms with Gasteiger partial charge in [0.2, 0.25) is 0 Å². The molecule has 2 rings (SSSR count). The van der Waals surface area contributed by atoms with Gasteiger partial charge in [0.25, 0.3) is 0 Å². The quantitative estimate of drug-likeness (QED) is 0.377. The van der Waals surface area contributed by atoms with Gasteiger partial charge in [0, 0.05) is 26.7 Å². The molecule has 6 heteroatoms. The van der Waals surface area contributed by atoms with Crippen LogP contribution in [0, 0.1) is 5.82 Å². The molecule has 0 saturated heterocycles. The van der Waals surface area contributed by atoms with Crippen molar-refractivity contribution in [1.82, 2.24) is 10.6 Å². The summed E-state index contributed by atoms with van der Waals surface area (Å²) in [7, 11) is 1.73. The Balaban J connectivity index is 0.00000312. The van der Waals surface area contributed by atoms with Crippen molar-refractivity contribution in [2.45, 2.75) is 26.6 Å². The molecule has 4 nitrogen and oxygen atoms in total. The van der Waals surface area contributed by atoms with Crippen molar-refractivity contribution in [3.63, 3.8) is 0 Å². The summed E-state index contributed by atoms with van der Waals surface area (Å²) in [5.41, 5.74) is 3.33. The average molecular weight is 457 g/mol. The molecule has 0 spiro atoms. The number of benzene rings is 2. The number of nitrogens with zero attached hydrogens (tertiary/aromatic N) is 1. The zero-order valence-electron chi connectivity index (χ0n) is 14.6. The van der Waals surface area contributed by atoms with E-state index in [1.54, 1.807) is 19.2 Å². The number of ether oxygens (including phenoxy) is 1. The van der Waals surface area contributed by atoms with E-state index in [1.165, 1.54) is 23.3 Å². The largest absolute Gasteiger partial charge is 0.377 e. The van der Waals surface area contributed by atoms with E-state index in [-0.39, 0.29) is 29.8 Å². The maximum absolute atomic E-state index is 12.9. The Hall–Kier alpha value is -1.67. The Morgan fingerprint density at radius 3 is 1.88 bits per heavy atom. The number of guanidine groups is 1. The van der Waals surface area contributed by atoms with Crippen LogP contribution in [-0.4, -0.2) is 19.6 Å². The van der Waals surface area contributed by atoms with Gasteiger partial charge in [-0.3, -0.25) is 4.99 Å². The lowest BCUT2D eigenvalue weighted by atomic mass is 10.1. The fourth-order valence-corrected chi connectivity index (χ4v) is 2.17. The molecular formula is C19H25FIN3O. The summed E-state index contributed by atoms with van der Waals surface area (Å²) < 4.78 is 18.3. The van der Waals surface area contributed by atoms with Crippen LogP contribution in [0.5, 0.6) is 0 Å². The highest BCUT2D eigenvalue weighted by atomic mass is 127. The summed E-state index contributed by atoms with van der Waals surface area (Å²) >= 11 is 0. The Labute approximate surface area is 165 Å². The maximum Gasteiger partial charge on any atom is 0.191 e. The average Bonchev–Trinajstić information content (AvgIpc) is 2.62. The minimum absolute atomic E-state index is 0. The third kappa shape index (κ3) is 7.83. The topological polar surface area (TPSA) is 45.6 Å². The Morgan fingerprint density at radius 1 is 0.920 bits per heavy atom. The van der Waals surface area contributed by atoms with Gasteiger partial charge < -0.3 is 15.4 Å². The van der Waals surface area contributed by atoms with E-state index >= 15 is 0 Å². The highest BCUT2D eigenvalue weighted by molar-refractivity contribution is 14.0. The monoisotopic (exact) mass is 457 g/mol. The van der Waals surface area contributed by atoms with Gasteiger partial charge in [0.05, 0.1) is 6.61 Å². The molecule has 0 aliphatic rings. The molecule has 2 aromatic rings. The molecule has 0 unspecified atom stereocenters. The first-order valence-corrected chi connectivity index (χ1v) is 8.05. The maximum atomic E-state index is 12.9. The van der Waals surface area contributed by atoms with E-state index in [1.807, 2.05) is 6.92 Å². The highest BCUT2D eigenvalue weighted by Gasteiger charge is 2.00. The third-order valence-corrected chi connectivity index (χ3v) is 3.55. The van der Waals surface area contributed by atoms with Crippen LogP contribution >= 0.6 is 24.0 Å². The molecule has 0 atom stereocenters. The summed E-state index contributed by atoms with van der Waals surface area (Å²) in [6, 6.07) is 14.7. The van der Waals surface area contributed by atoms with E-state index in [9.17, 15) is 4.39 Å². The van der Waals surface area contributed by atoms with Crippen LogP contribution in [0.15, 0.2) is 53.5 Å². The second-order valence-electron chi connectivity index (χ2n) is 5.36. The number of hydrogen-bond donors (Lipinski definition) is 2. The molecule has 0 aliphatic heterocycles. The number of halogens is 2. The minimum Gasteiger partial charge on any atom is -0.377 e. The molecule has 0 radical (unpaired) electrons. The lowest BCUT2D eigenvalue weighted by Crippen LogP contribution is -2.36. The fourth-order valence-electron chi connectivity index (χ4n) is 2.17. The number of aliphatic imine (C=N–C) groups is 1. The Kier molecular flexibility index (Phi) is 10.1. The second-order valence-corrected chi connectivity index (χ2v) is 5.36. The molecule has 0 aromatic heterocycles. The third-order valence-electron chi connectivity index (χ3n) is 3.55. The van der Waals surface area contributed by atoms with E-state index in [0.717, 1.165) is 12.2 Å². The molecule has 0 aliphatic carbocycles.